The summed E-state index contributed by atoms with van der Waals surface area (Å²) < 4.78 is 26.5. The molecular weight excluding hydrogens is 340 g/mol. The number of nitrogens with zero attached hydrogens (tertiary/aromatic N) is 1. The number of halogens is 2. The zero-order valence-corrected chi connectivity index (χ0v) is 14.2. The van der Waals surface area contributed by atoms with Crippen molar-refractivity contribution in [1.82, 2.24) is 4.90 Å². The molecule has 0 aromatic heterocycles. The van der Waals surface area contributed by atoms with Crippen LogP contribution in [0.5, 0.6) is 0 Å². The van der Waals surface area contributed by atoms with Crippen molar-refractivity contribution in [3.05, 3.63) is 65.7 Å². The van der Waals surface area contributed by atoms with Crippen LogP contribution in [0.2, 0.25) is 0 Å². The zero-order valence-electron chi connectivity index (χ0n) is 14.2. The first-order valence-electron chi connectivity index (χ1n) is 8.46. The zero-order chi connectivity index (χ0) is 18.5. The van der Waals surface area contributed by atoms with Gasteiger partial charge in [-0.25, -0.2) is 8.78 Å². The van der Waals surface area contributed by atoms with E-state index in [9.17, 15) is 18.4 Å². The number of piperazine rings is 1. The first-order valence-corrected chi connectivity index (χ1v) is 8.46. The highest BCUT2D eigenvalue weighted by Crippen LogP contribution is 2.14. The topological polar surface area (TPSA) is 53.9 Å². The van der Waals surface area contributed by atoms with Crippen molar-refractivity contribution in [2.75, 3.05) is 38.0 Å². The number of hydrogen-bond acceptors (Lipinski definition) is 2. The Morgan fingerprint density at radius 3 is 2.38 bits per heavy atom. The number of carbonyl (C=O) groups is 2. The number of anilines is 1. The van der Waals surface area contributed by atoms with Crippen LogP contribution >= 0.6 is 0 Å². The molecule has 0 bridgehead atoms. The second-order valence-electron chi connectivity index (χ2n) is 6.26. The predicted molar refractivity (Wildman–Crippen MR) is 92.9 cm³/mol. The van der Waals surface area contributed by atoms with E-state index in [4.69, 9.17) is 0 Å². The van der Waals surface area contributed by atoms with Gasteiger partial charge in [-0.2, -0.15) is 0 Å². The van der Waals surface area contributed by atoms with E-state index in [1.165, 1.54) is 6.07 Å². The van der Waals surface area contributed by atoms with Gasteiger partial charge in [0.1, 0.15) is 11.6 Å². The summed E-state index contributed by atoms with van der Waals surface area (Å²) in [7, 11) is 0. The molecule has 136 valence electrons. The summed E-state index contributed by atoms with van der Waals surface area (Å²) in [5, 5.41) is 2.46. The third-order valence-corrected chi connectivity index (χ3v) is 4.39. The van der Waals surface area contributed by atoms with Crippen LogP contribution in [-0.2, 0) is 4.79 Å². The standard InChI is InChI=1S/C19H19F2N3O2/c20-15-6-7-17(16(21)12-15)22-18(25)13-23-8-10-24(11-9-23)19(26)14-4-2-1-3-5-14/h1-7,12H,8-11,13H2,(H,22,25)/p+1. The van der Waals surface area contributed by atoms with Gasteiger partial charge in [0, 0.05) is 11.6 Å². The Bertz CT molecular complexity index is 791. The van der Waals surface area contributed by atoms with E-state index in [1.54, 1.807) is 17.0 Å². The van der Waals surface area contributed by atoms with Crippen molar-refractivity contribution in [1.29, 1.82) is 0 Å². The van der Waals surface area contributed by atoms with E-state index in [1.807, 2.05) is 18.2 Å². The van der Waals surface area contributed by atoms with Crippen molar-refractivity contribution in [3.63, 3.8) is 0 Å². The molecule has 2 aromatic carbocycles. The maximum Gasteiger partial charge on any atom is 0.279 e. The molecule has 7 heteroatoms. The fourth-order valence-electron chi connectivity index (χ4n) is 2.98. The monoisotopic (exact) mass is 360 g/mol. The van der Waals surface area contributed by atoms with Gasteiger partial charge in [-0.15, -0.1) is 0 Å². The summed E-state index contributed by atoms with van der Waals surface area (Å²) in [5.74, 6) is -1.84. The van der Waals surface area contributed by atoms with Gasteiger partial charge in [-0.1, -0.05) is 18.2 Å². The highest BCUT2D eigenvalue weighted by Gasteiger charge is 2.26. The smallest absolute Gasteiger partial charge is 0.279 e. The van der Waals surface area contributed by atoms with Gasteiger partial charge in [-0.05, 0) is 24.3 Å². The first kappa shape index (κ1) is 18.0. The average molecular weight is 360 g/mol. The number of quaternary nitrogens is 1. The van der Waals surface area contributed by atoms with Crippen molar-refractivity contribution in [3.8, 4) is 0 Å². The van der Waals surface area contributed by atoms with Gasteiger partial charge in [0.25, 0.3) is 11.8 Å². The van der Waals surface area contributed by atoms with Crippen LogP contribution in [0.1, 0.15) is 10.4 Å². The highest BCUT2D eigenvalue weighted by molar-refractivity contribution is 5.94. The number of amides is 2. The van der Waals surface area contributed by atoms with Crippen LogP contribution in [0.3, 0.4) is 0 Å². The molecule has 0 atom stereocenters. The maximum absolute atomic E-state index is 13.6. The SMILES string of the molecule is O=C(C[NH+]1CCN(C(=O)c2ccccc2)CC1)Nc1ccc(F)cc1F. The fraction of sp³-hybridized carbons (Fsp3) is 0.263. The number of nitrogens with one attached hydrogen (secondary N) is 2. The summed E-state index contributed by atoms with van der Waals surface area (Å²) in [4.78, 5) is 27.3. The summed E-state index contributed by atoms with van der Waals surface area (Å²) in [6.07, 6.45) is 0. The summed E-state index contributed by atoms with van der Waals surface area (Å²) in [6, 6.07) is 12.1. The second kappa shape index (κ2) is 8.05. The Morgan fingerprint density at radius 1 is 1.04 bits per heavy atom. The number of carbonyl (C=O) groups excluding carboxylic acids is 2. The largest absolute Gasteiger partial charge is 0.327 e. The predicted octanol–water partition coefficient (Wildman–Crippen LogP) is 0.944. The third kappa shape index (κ3) is 4.43. The first-order chi connectivity index (χ1) is 12.5. The quantitative estimate of drug-likeness (QED) is 0.853. The third-order valence-electron chi connectivity index (χ3n) is 4.39. The van der Waals surface area contributed by atoms with Gasteiger partial charge in [0.15, 0.2) is 6.54 Å². The molecule has 0 radical (unpaired) electrons. The summed E-state index contributed by atoms with van der Waals surface area (Å²) >= 11 is 0. The minimum Gasteiger partial charge on any atom is -0.327 e. The molecule has 0 saturated carbocycles. The van der Waals surface area contributed by atoms with Gasteiger partial charge in [0.05, 0.1) is 31.9 Å². The van der Waals surface area contributed by atoms with Crippen molar-refractivity contribution in [2.24, 2.45) is 0 Å². The summed E-state index contributed by atoms with van der Waals surface area (Å²) in [5.41, 5.74) is 0.620. The Balaban J connectivity index is 1.49. The fourth-order valence-corrected chi connectivity index (χ4v) is 2.98. The molecule has 3 rings (SSSR count). The van der Waals surface area contributed by atoms with Crippen LogP contribution in [0.4, 0.5) is 14.5 Å². The molecule has 0 aliphatic carbocycles. The Hall–Kier alpha value is -2.80. The molecule has 1 aliphatic rings. The Kier molecular flexibility index (Phi) is 5.58. The lowest BCUT2D eigenvalue weighted by Crippen LogP contribution is -3.15. The van der Waals surface area contributed by atoms with Gasteiger partial charge in [0.2, 0.25) is 0 Å². The van der Waals surface area contributed by atoms with Crippen molar-refractivity contribution < 1.29 is 23.3 Å². The summed E-state index contributed by atoms with van der Waals surface area (Å²) in [6.45, 7) is 2.56. The van der Waals surface area contributed by atoms with Crippen molar-refractivity contribution in [2.45, 2.75) is 0 Å². The van der Waals surface area contributed by atoms with E-state index >= 15 is 0 Å². The maximum atomic E-state index is 13.6. The molecule has 26 heavy (non-hydrogen) atoms. The molecular formula is C19H20F2N3O2+. The lowest BCUT2D eigenvalue weighted by molar-refractivity contribution is -0.895. The van der Waals surface area contributed by atoms with Gasteiger partial charge >= 0.3 is 0 Å². The minimum atomic E-state index is -0.799. The van der Waals surface area contributed by atoms with Crippen LogP contribution in [0, 0.1) is 11.6 Å². The van der Waals surface area contributed by atoms with E-state index < -0.39 is 11.6 Å². The van der Waals surface area contributed by atoms with Crippen LogP contribution in [-0.4, -0.2) is 49.4 Å². The van der Waals surface area contributed by atoms with Crippen LogP contribution < -0.4 is 10.2 Å². The number of rotatable bonds is 4. The second-order valence-corrected chi connectivity index (χ2v) is 6.26. The normalized spacial score (nSPS) is 14.9. The molecule has 1 heterocycles. The number of benzene rings is 2. The Labute approximate surface area is 150 Å². The molecule has 0 unspecified atom stereocenters. The van der Waals surface area contributed by atoms with E-state index in [0.717, 1.165) is 17.0 Å². The molecule has 1 aliphatic heterocycles. The molecule has 1 saturated heterocycles. The molecule has 1 fully saturated rings. The van der Waals surface area contributed by atoms with E-state index in [2.05, 4.69) is 5.32 Å². The van der Waals surface area contributed by atoms with E-state index in [-0.39, 0.29) is 24.0 Å². The van der Waals surface area contributed by atoms with Crippen LogP contribution in [0.15, 0.2) is 48.5 Å². The molecule has 0 spiro atoms. The van der Waals surface area contributed by atoms with Gasteiger partial charge in [-0.3, -0.25) is 9.59 Å². The molecule has 2 aromatic rings. The minimum absolute atomic E-state index is 0.0116. The lowest BCUT2D eigenvalue weighted by atomic mass is 10.2. The average Bonchev–Trinajstić information content (AvgIpc) is 2.65. The molecule has 2 amide bonds. The molecule has 2 N–H and O–H groups in total. The number of hydrogen-bond donors (Lipinski definition) is 2. The van der Waals surface area contributed by atoms with Gasteiger partial charge < -0.3 is 15.1 Å². The van der Waals surface area contributed by atoms with E-state index in [0.29, 0.717) is 31.7 Å². The molecule has 5 nitrogen and oxygen atoms in total. The Morgan fingerprint density at radius 2 is 1.73 bits per heavy atom. The lowest BCUT2D eigenvalue weighted by Gasteiger charge is -2.32. The van der Waals surface area contributed by atoms with Crippen molar-refractivity contribution >= 4 is 17.5 Å². The van der Waals surface area contributed by atoms with Crippen LogP contribution in [0.25, 0.3) is 0 Å². The highest BCUT2D eigenvalue weighted by atomic mass is 19.1.